The van der Waals surface area contributed by atoms with Crippen LogP contribution in [0.4, 0.5) is 35.1 Å². The number of hydrogen-bond acceptors (Lipinski definition) is 0. The van der Waals surface area contributed by atoms with Crippen LogP contribution in [0.3, 0.4) is 0 Å². The predicted octanol–water partition coefficient (Wildman–Crippen LogP) is 4.51. The maximum atomic E-state index is 12.7. The summed E-state index contributed by atoms with van der Waals surface area (Å²) in [6, 6.07) is 0. The molecule has 92 valence electrons. The Morgan fingerprint density at radius 1 is 0.867 bits per heavy atom. The summed E-state index contributed by atoms with van der Waals surface area (Å²) in [6.45, 7) is 0. The van der Waals surface area contributed by atoms with Gasteiger partial charge in [0.05, 0.1) is 6.42 Å². The van der Waals surface area contributed by atoms with Crippen molar-refractivity contribution < 1.29 is 35.1 Å². The van der Waals surface area contributed by atoms with Crippen molar-refractivity contribution in [2.45, 2.75) is 27.6 Å². The lowest BCUT2D eigenvalue weighted by atomic mass is 10.1. The van der Waals surface area contributed by atoms with Gasteiger partial charge >= 0.3 is 16.0 Å². The van der Waals surface area contributed by atoms with Gasteiger partial charge in [0.1, 0.15) is 0 Å². The third-order valence-corrected chi connectivity index (χ3v) is 1.99. The molecule has 0 aliphatic carbocycles. The minimum atomic E-state index is -6.33. The molecule has 0 N–H and O–H groups in total. The van der Waals surface area contributed by atoms with E-state index in [-0.39, 0.29) is 22.6 Å². The Morgan fingerprint density at radius 3 is 1.40 bits per heavy atom. The van der Waals surface area contributed by atoms with Crippen LogP contribution in [0.25, 0.3) is 0 Å². The summed E-state index contributed by atoms with van der Waals surface area (Å²) < 4.78 is 92.0. The highest BCUT2D eigenvalue weighted by atomic mass is 127. The highest BCUT2D eigenvalue weighted by Crippen LogP contribution is 2.52. The minimum absolute atomic E-state index is 0.212. The average Bonchev–Trinajstić information content (AvgIpc) is 1.77. The van der Waals surface area contributed by atoms with Crippen LogP contribution in [0.15, 0.2) is 0 Å². The molecule has 0 aliphatic rings. The molecule has 0 rings (SSSR count). The molecule has 0 aromatic carbocycles. The fourth-order valence-corrected chi connectivity index (χ4v) is 1.60. The van der Waals surface area contributed by atoms with Crippen molar-refractivity contribution in [3.63, 3.8) is 0 Å². The van der Waals surface area contributed by atoms with E-state index in [4.69, 9.17) is 0 Å². The van der Waals surface area contributed by atoms with E-state index in [0.29, 0.717) is 0 Å². The van der Waals surface area contributed by atoms with Crippen LogP contribution in [0, 0.1) is 0 Å². The Labute approximate surface area is 97.1 Å². The summed E-state index contributed by atoms with van der Waals surface area (Å²) in [7, 11) is 0. The molecule has 0 amide bonds. The molecule has 10 heteroatoms. The summed E-state index contributed by atoms with van der Waals surface area (Å²) in [6.07, 6.45) is -8.78. The van der Waals surface area contributed by atoms with E-state index in [1.165, 1.54) is 0 Å². The molecule has 0 aromatic heterocycles. The van der Waals surface area contributed by atoms with Crippen molar-refractivity contribution in [3.8, 4) is 0 Å². The maximum Gasteiger partial charge on any atom is 0.458 e. The normalized spacial score (nSPS) is 18.8. The van der Waals surface area contributed by atoms with E-state index in [9.17, 15) is 35.1 Å². The number of rotatable bonds is 3. The lowest BCUT2D eigenvalue weighted by Crippen LogP contribution is -2.52. The summed E-state index contributed by atoms with van der Waals surface area (Å²) in [5, 5.41) is -4.88. The van der Waals surface area contributed by atoms with Gasteiger partial charge in [0.2, 0.25) is 0 Å². The van der Waals surface area contributed by atoms with Crippen LogP contribution >= 0.6 is 34.2 Å². The van der Waals surface area contributed by atoms with E-state index in [0.717, 1.165) is 0 Å². The van der Waals surface area contributed by atoms with Gasteiger partial charge in [-0.25, -0.2) is 4.39 Å². The van der Waals surface area contributed by atoms with Crippen molar-refractivity contribution in [2.75, 3.05) is 0 Å². The van der Waals surface area contributed by atoms with E-state index in [1.54, 1.807) is 0 Å². The molecule has 0 heterocycles. The van der Waals surface area contributed by atoms with Gasteiger partial charge in [0.15, 0.2) is 0 Å². The molecular weight excluding hydrogens is 374 g/mol. The first-order valence-electron chi connectivity index (χ1n) is 3.10. The van der Waals surface area contributed by atoms with Gasteiger partial charge in [0, 0.05) is 0 Å². The van der Waals surface area contributed by atoms with Gasteiger partial charge in [-0.3, -0.25) is 0 Å². The smallest absolute Gasteiger partial charge is 0.219 e. The maximum absolute atomic E-state index is 12.7. The van der Waals surface area contributed by atoms with Gasteiger partial charge in [-0.1, -0.05) is 11.6 Å². The number of halogens is 10. The van der Waals surface area contributed by atoms with Crippen molar-refractivity contribution >= 4 is 34.2 Å². The zero-order valence-corrected chi connectivity index (χ0v) is 9.40. The molecule has 0 nitrogen and oxygen atoms in total. The zero-order chi connectivity index (χ0) is 12.7. The summed E-state index contributed by atoms with van der Waals surface area (Å²) in [5.74, 6) is -6.05. The Balaban J connectivity index is 5.03. The lowest BCUT2D eigenvalue weighted by Gasteiger charge is -2.30. The molecule has 0 aromatic rings. The van der Waals surface area contributed by atoms with Crippen LogP contribution in [0.5, 0.6) is 0 Å². The van der Waals surface area contributed by atoms with Crippen molar-refractivity contribution in [1.29, 1.82) is 0 Å². The van der Waals surface area contributed by atoms with Crippen molar-refractivity contribution in [1.82, 2.24) is 0 Å². The lowest BCUT2D eigenvalue weighted by molar-refractivity contribution is -0.315. The third kappa shape index (κ3) is 3.75. The Kier molecular flexibility index (Phi) is 4.17. The molecule has 0 saturated carbocycles. The molecule has 1 atom stereocenters. The highest BCUT2D eigenvalue weighted by Gasteiger charge is 2.72. The summed E-state index contributed by atoms with van der Waals surface area (Å²) in [4.78, 5) is 0. The molecule has 0 radical (unpaired) electrons. The first kappa shape index (κ1) is 15.5. The molecule has 0 bridgehead atoms. The molecule has 0 saturated heterocycles. The fraction of sp³-hybridized carbons (Fsp3) is 1.00. The monoisotopic (exact) mass is 376 g/mol. The zero-order valence-electron chi connectivity index (χ0n) is 6.49. The topological polar surface area (TPSA) is 0 Å². The van der Waals surface area contributed by atoms with Crippen LogP contribution in [0.1, 0.15) is 6.42 Å². The quantitative estimate of drug-likeness (QED) is 0.386. The second-order valence-electron chi connectivity index (χ2n) is 2.57. The number of hydrogen-bond donors (Lipinski definition) is 0. The minimum Gasteiger partial charge on any atom is -0.219 e. The van der Waals surface area contributed by atoms with E-state index in [1.807, 2.05) is 0 Å². The molecule has 0 fully saturated rings. The van der Waals surface area contributed by atoms with Crippen LogP contribution in [-0.4, -0.2) is 21.2 Å². The standard InChI is InChI=1S/C5H2ClF8I/c6-2(7,1-3(8,9)15)4(10,11)5(12,13)14/h1H2. The van der Waals surface area contributed by atoms with Gasteiger partial charge in [-0.05, 0) is 22.6 Å². The first-order chi connectivity index (χ1) is 6.21. The van der Waals surface area contributed by atoms with E-state index < -0.39 is 27.6 Å². The Hall–Kier alpha value is 0.460. The van der Waals surface area contributed by atoms with Gasteiger partial charge in [-0.2, -0.15) is 30.7 Å². The predicted molar refractivity (Wildman–Crippen MR) is 44.3 cm³/mol. The summed E-state index contributed by atoms with van der Waals surface area (Å²) >= 11 is 4.39. The highest BCUT2D eigenvalue weighted by molar-refractivity contribution is 14.1. The molecule has 0 spiro atoms. The fourth-order valence-electron chi connectivity index (χ4n) is 0.570. The van der Waals surface area contributed by atoms with Crippen LogP contribution in [0.2, 0.25) is 0 Å². The number of alkyl halides is 10. The average molecular weight is 376 g/mol. The van der Waals surface area contributed by atoms with Gasteiger partial charge in [-0.15, -0.1) is 0 Å². The third-order valence-electron chi connectivity index (χ3n) is 1.24. The largest absolute Gasteiger partial charge is 0.458 e. The van der Waals surface area contributed by atoms with Crippen molar-refractivity contribution in [2.24, 2.45) is 0 Å². The summed E-state index contributed by atoms with van der Waals surface area (Å²) in [5.41, 5.74) is 0. The van der Waals surface area contributed by atoms with Crippen LogP contribution in [-0.2, 0) is 0 Å². The van der Waals surface area contributed by atoms with Gasteiger partial charge in [0.25, 0.3) is 5.13 Å². The van der Waals surface area contributed by atoms with Crippen LogP contribution < -0.4 is 0 Å². The van der Waals surface area contributed by atoms with E-state index in [2.05, 4.69) is 11.6 Å². The van der Waals surface area contributed by atoms with Gasteiger partial charge < -0.3 is 0 Å². The first-order valence-corrected chi connectivity index (χ1v) is 4.55. The SMILES string of the molecule is FC(F)(I)CC(F)(Cl)C(F)(F)C(F)(F)F. The molecular formula is C5H2ClF8I. The Bertz CT molecular complexity index is 228. The molecule has 15 heavy (non-hydrogen) atoms. The Morgan fingerprint density at radius 2 is 1.20 bits per heavy atom. The second kappa shape index (κ2) is 4.04. The van der Waals surface area contributed by atoms with E-state index >= 15 is 0 Å². The molecule has 1 unspecified atom stereocenters. The molecule has 0 aliphatic heterocycles. The second-order valence-corrected chi connectivity index (χ2v) is 4.75. The van der Waals surface area contributed by atoms with Crippen molar-refractivity contribution in [3.05, 3.63) is 0 Å².